The fourth-order valence-electron chi connectivity index (χ4n) is 6.07. The third-order valence-corrected chi connectivity index (χ3v) is 16.7. The largest absolute Gasteiger partial charge is 0.295 e. The molecule has 24 nitrogen and oxygen atoms in total. The third kappa shape index (κ3) is 10.0. The van der Waals surface area contributed by atoms with Crippen LogP contribution in [0.25, 0.3) is 32.7 Å². The maximum Gasteiger partial charge on any atom is 0.295 e. The van der Waals surface area contributed by atoms with Crippen LogP contribution in [-0.4, -0.2) is 94.7 Å². The molecule has 0 aliphatic carbocycles. The van der Waals surface area contributed by atoms with Crippen LogP contribution in [0.3, 0.4) is 0 Å². The number of sulfonamides is 2. The molecule has 0 amide bonds. The predicted octanol–water partition coefficient (Wildman–Crippen LogP) is 2.74. The minimum Gasteiger partial charge on any atom is -0.282 e. The predicted molar refractivity (Wildman–Crippen MR) is 220 cm³/mol. The van der Waals surface area contributed by atoms with Crippen LogP contribution in [-0.2, 0) is 80.8 Å². The molecule has 64 heavy (non-hydrogen) atoms. The van der Waals surface area contributed by atoms with Crippen LogP contribution in [0.5, 0.6) is 0 Å². The van der Waals surface area contributed by atoms with Crippen LogP contribution in [0, 0.1) is 0 Å². The summed E-state index contributed by atoms with van der Waals surface area (Å²) in [5.41, 5.74) is -1.44. The van der Waals surface area contributed by atoms with E-state index < -0.39 is 153 Å². The van der Waals surface area contributed by atoms with Crippen molar-refractivity contribution in [2.45, 2.75) is 39.2 Å². The highest BCUT2D eigenvalue weighted by Crippen LogP contribution is 2.39. The number of fused-ring (bicyclic) bond motifs is 2. The van der Waals surface area contributed by atoms with Gasteiger partial charge in [0.2, 0.25) is 0 Å². The Hall–Kier alpha value is -5.20. The number of hydrogen-bond donors (Lipinski definition) is 8. The van der Waals surface area contributed by atoms with Crippen molar-refractivity contribution in [1.29, 1.82) is 0 Å². The number of nitrogens with one attached hydrogen (secondary N) is 2. The maximum absolute atomic E-state index is 13.6. The summed E-state index contributed by atoms with van der Waals surface area (Å²) in [6.45, 7) is 0. The molecule has 0 heterocycles. The summed E-state index contributed by atoms with van der Waals surface area (Å²) in [5.74, 6) is 0. The topological polar surface area (TPSA) is 419 Å². The summed E-state index contributed by atoms with van der Waals surface area (Å²) in [5, 5.41) is -3.00. The lowest BCUT2D eigenvalue weighted by Gasteiger charge is -2.16. The van der Waals surface area contributed by atoms with Crippen molar-refractivity contribution in [2.75, 3.05) is 9.44 Å². The fraction of sp³-hybridized carbons (Fsp3) is 0. The first-order chi connectivity index (χ1) is 29.0. The van der Waals surface area contributed by atoms with Gasteiger partial charge >= 0.3 is 0 Å². The van der Waals surface area contributed by atoms with Crippen molar-refractivity contribution in [3.8, 4) is 11.1 Å². The normalized spacial score (nSPS) is 13.5. The Labute approximate surface area is 362 Å². The average Bonchev–Trinajstić information content (AvgIpc) is 3.14. The van der Waals surface area contributed by atoms with Gasteiger partial charge in [-0.25, -0.2) is 16.8 Å². The molecule has 32 heteroatoms. The van der Waals surface area contributed by atoms with E-state index >= 15 is 0 Å². The first kappa shape index (κ1) is 48.3. The fourth-order valence-corrected chi connectivity index (χ4v) is 12.0. The van der Waals surface area contributed by atoms with E-state index in [4.69, 9.17) is 0 Å². The van der Waals surface area contributed by atoms with Gasteiger partial charge in [-0.1, -0.05) is 24.3 Å². The van der Waals surface area contributed by atoms with Crippen LogP contribution in [0.15, 0.2) is 136 Å². The van der Waals surface area contributed by atoms with Gasteiger partial charge in [0.15, 0.2) is 0 Å². The third-order valence-electron chi connectivity index (χ3n) is 8.82. The van der Waals surface area contributed by atoms with Crippen molar-refractivity contribution < 1.29 is 94.7 Å². The van der Waals surface area contributed by atoms with Gasteiger partial charge in [-0.05, 0) is 94.7 Å². The van der Waals surface area contributed by atoms with E-state index in [0.717, 1.165) is 24.3 Å². The maximum atomic E-state index is 13.6. The van der Waals surface area contributed by atoms with Crippen molar-refractivity contribution in [3.05, 3.63) is 97.1 Å². The van der Waals surface area contributed by atoms with Crippen molar-refractivity contribution in [2.24, 2.45) is 0 Å². The van der Waals surface area contributed by atoms with E-state index in [1.807, 2.05) is 9.44 Å². The lowest BCUT2D eigenvalue weighted by molar-refractivity contribution is 0.477. The zero-order chi connectivity index (χ0) is 48.0. The molecule has 0 aliphatic rings. The van der Waals surface area contributed by atoms with E-state index in [2.05, 4.69) is 0 Å². The number of benzene rings is 6. The molecule has 0 radical (unpaired) electrons. The molecule has 0 saturated heterocycles. The molecule has 0 bridgehead atoms. The Morgan fingerprint density at radius 3 is 0.781 bits per heavy atom. The Morgan fingerprint density at radius 2 is 0.547 bits per heavy atom. The van der Waals surface area contributed by atoms with Crippen molar-refractivity contribution in [3.63, 3.8) is 0 Å². The molecule has 0 atom stereocenters. The second-order valence-corrected chi connectivity index (χ2v) is 24.9. The van der Waals surface area contributed by atoms with Gasteiger partial charge < -0.3 is 0 Å². The summed E-state index contributed by atoms with van der Waals surface area (Å²) in [4.78, 5) is -8.30. The Kier molecular flexibility index (Phi) is 11.9. The highest BCUT2D eigenvalue weighted by Gasteiger charge is 2.29. The van der Waals surface area contributed by atoms with Gasteiger partial charge in [-0.15, -0.1) is 0 Å². The monoisotopic (exact) mass is 1040 g/mol. The Balaban J connectivity index is 1.36. The molecular weight excluding hydrogens is 1020 g/mol. The van der Waals surface area contributed by atoms with E-state index in [9.17, 15) is 94.7 Å². The van der Waals surface area contributed by atoms with Crippen molar-refractivity contribution in [1.82, 2.24) is 0 Å². The first-order valence-corrected chi connectivity index (χ1v) is 27.9. The van der Waals surface area contributed by atoms with Gasteiger partial charge in [0.25, 0.3) is 80.8 Å². The van der Waals surface area contributed by atoms with Gasteiger partial charge in [0, 0.05) is 10.8 Å². The molecule has 0 spiro atoms. The minimum atomic E-state index is -5.45. The van der Waals surface area contributed by atoms with Crippen molar-refractivity contribution >= 4 is 114 Å². The smallest absolute Gasteiger partial charge is 0.282 e. The quantitative estimate of drug-likeness (QED) is 0.0771. The molecule has 0 aliphatic heterocycles. The van der Waals surface area contributed by atoms with E-state index in [1.54, 1.807) is 0 Å². The molecule has 6 aromatic rings. The van der Waals surface area contributed by atoms with Crippen LogP contribution in [0.2, 0.25) is 0 Å². The zero-order valence-corrected chi connectivity index (χ0v) is 37.3. The molecule has 6 aromatic carbocycles. The zero-order valence-electron chi connectivity index (χ0n) is 30.7. The Morgan fingerprint density at radius 1 is 0.297 bits per heavy atom. The van der Waals surface area contributed by atoms with Gasteiger partial charge in [0.05, 0.1) is 40.7 Å². The molecule has 8 N–H and O–H groups in total. The van der Waals surface area contributed by atoms with Crippen LogP contribution < -0.4 is 9.44 Å². The second-order valence-electron chi connectivity index (χ2n) is 13.1. The summed E-state index contributed by atoms with van der Waals surface area (Å²) in [6, 6.07) is 12.1. The second kappa shape index (κ2) is 15.8. The molecule has 6 rings (SSSR count). The van der Waals surface area contributed by atoms with Crippen LogP contribution in [0.4, 0.5) is 11.4 Å². The first-order valence-electron chi connectivity index (χ1n) is 16.3. The molecule has 0 saturated carbocycles. The highest BCUT2D eigenvalue weighted by atomic mass is 32.2. The minimum absolute atomic E-state index is 0.195. The number of anilines is 2. The van der Waals surface area contributed by atoms with Crippen LogP contribution in [0.1, 0.15) is 0 Å². The lowest BCUT2D eigenvalue weighted by Crippen LogP contribution is -2.15. The van der Waals surface area contributed by atoms with E-state index in [0.29, 0.717) is 36.4 Å². The summed E-state index contributed by atoms with van der Waals surface area (Å²) >= 11 is 0. The van der Waals surface area contributed by atoms with Crippen LogP contribution >= 0.6 is 0 Å². The summed E-state index contributed by atoms with van der Waals surface area (Å²) < 4.78 is 261. The summed E-state index contributed by atoms with van der Waals surface area (Å²) in [6.07, 6.45) is 0. The molecule has 0 fully saturated rings. The van der Waals surface area contributed by atoms with Gasteiger partial charge in [0.1, 0.15) is 9.79 Å². The highest BCUT2D eigenvalue weighted by molar-refractivity contribution is 7.93. The lowest BCUT2D eigenvalue weighted by atomic mass is 10.1. The molecular formula is C32H24N2O22S8. The molecule has 0 aromatic heterocycles. The van der Waals surface area contributed by atoms with E-state index in [-0.39, 0.29) is 23.3 Å². The van der Waals surface area contributed by atoms with E-state index in [1.165, 1.54) is 24.3 Å². The SMILES string of the molecule is O=S(=O)(O)c1cc(NS(=O)(=O)c2ccc(-c3ccc(S(=O)(=O)Nc4cc(S(=O)(=O)O)cc5cc(S(=O)(=O)O)cc(S(=O)(=O)O)c45)cc3)cc2)c2c(S(=O)(=O)O)cc(S(=O)(=O)O)cc2c1. The standard InChI is InChI=1S/C32H24N2O22S8/c35-57(36,33-27-13-23(59(39,40)41)9-19-11-25(61(45,46)47)15-29(31(19)27)63(51,52)53)21-5-1-17(2-6-21)18-3-7-22(8-4-18)58(37,38)34-28-14-24(60(42,43)44)10-20-12-26(62(48,49)50)16-30(32(20)28)64(54,55)56/h1-16,33-34H,(H,39,40,41)(H,42,43,44)(H,45,46,47)(H,48,49,50)(H,51,52,53)(H,54,55,56). The summed E-state index contributed by atoms with van der Waals surface area (Å²) in [7, 11) is -41.5. The number of rotatable bonds is 13. The number of hydrogen-bond acceptors (Lipinski definition) is 16. The molecule has 0 unspecified atom stereocenters. The molecule has 342 valence electrons. The van der Waals surface area contributed by atoms with Gasteiger partial charge in [-0.3, -0.25) is 36.8 Å². The van der Waals surface area contributed by atoms with Gasteiger partial charge in [-0.2, -0.15) is 50.5 Å². The average molecular weight is 1050 g/mol. The Bertz CT molecular complexity index is 3660.